The van der Waals surface area contributed by atoms with E-state index >= 15 is 0 Å². The minimum Gasteiger partial charge on any atom is -0.497 e. The summed E-state index contributed by atoms with van der Waals surface area (Å²) in [4.78, 5) is 17.1. The number of methoxy groups -OCH3 is 1. The zero-order valence-electron chi connectivity index (χ0n) is 17.9. The van der Waals surface area contributed by atoms with E-state index in [4.69, 9.17) is 4.74 Å². The van der Waals surface area contributed by atoms with Crippen molar-refractivity contribution in [2.75, 3.05) is 39.0 Å². The fraction of sp³-hybridized carbons (Fsp3) is 0.348. The van der Waals surface area contributed by atoms with Gasteiger partial charge in [-0.05, 0) is 29.8 Å². The molecule has 3 aromatic rings. The summed E-state index contributed by atoms with van der Waals surface area (Å²) in [6.45, 7) is 4.27. The molecule has 0 atom stereocenters. The highest BCUT2D eigenvalue weighted by Crippen LogP contribution is 2.24. The number of nitrogens with zero attached hydrogens (tertiary/aromatic N) is 5. The van der Waals surface area contributed by atoms with Gasteiger partial charge in [0.05, 0.1) is 12.9 Å². The van der Waals surface area contributed by atoms with Gasteiger partial charge in [-0.2, -0.15) is 0 Å². The number of hydrogen-bond acceptors (Lipinski definition) is 6. The Labute approximate surface area is 187 Å². The number of piperazine rings is 1. The van der Waals surface area contributed by atoms with Gasteiger partial charge in [-0.15, -0.1) is 10.2 Å². The van der Waals surface area contributed by atoms with Crippen LogP contribution in [0.1, 0.15) is 5.56 Å². The number of ether oxygens (including phenoxy) is 1. The van der Waals surface area contributed by atoms with E-state index in [-0.39, 0.29) is 5.91 Å². The summed E-state index contributed by atoms with van der Waals surface area (Å²) >= 11 is 1.44. The van der Waals surface area contributed by atoms with Gasteiger partial charge in [-0.25, -0.2) is 0 Å². The van der Waals surface area contributed by atoms with E-state index in [0.29, 0.717) is 5.75 Å². The lowest BCUT2D eigenvalue weighted by Gasteiger charge is -2.34. The molecule has 2 heterocycles. The summed E-state index contributed by atoms with van der Waals surface area (Å²) in [5.74, 6) is 2.09. The van der Waals surface area contributed by atoms with Gasteiger partial charge in [0.2, 0.25) is 5.91 Å². The third-order valence-electron chi connectivity index (χ3n) is 5.48. The molecular formula is C23H27N5O2S. The third-order valence-corrected chi connectivity index (χ3v) is 6.49. The van der Waals surface area contributed by atoms with Crippen molar-refractivity contribution in [1.82, 2.24) is 24.6 Å². The number of benzene rings is 2. The van der Waals surface area contributed by atoms with Crippen LogP contribution >= 0.6 is 11.8 Å². The van der Waals surface area contributed by atoms with Gasteiger partial charge in [0.15, 0.2) is 11.0 Å². The molecule has 8 heteroatoms. The SMILES string of the molecule is COc1ccc(-c2nnc(SCC(=O)N3CCN(Cc4ccccc4)CC3)n2C)cc1. The standard InChI is InChI=1S/C23H27N5O2S/c1-26-22(19-8-10-20(30-2)11-9-19)24-25-23(26)31-17-21(29)28-14-12-27(13-15-28)16-18-6-4-3-5-7-18/h3-11H,12-17H2,1-2H3. The van der Waals surface area contributed by atoms with E-state index in [0.717, 1.165) is 55.0 Å². The summed E-state index contributed by atoms with van der Waals surface area (Å²) in [6.07, 6.45) is 0. The summed E-state index contributed by atoms with van der Waals surface area (Å²) in [5.41, 5.74) is 2.27. The number of carbonyl (C=O) groups excluding carboxylic acids is 1. The molecule has 0 aliphatic carbocycles. The Kier molecular flexibility index (Phi) is 6.89. The monoisotopic (exact) mass is 437 g/mol. The zero-order chi connectivity index (χ0) is 21.6. The van der Waals surface area contributed by atoms with Crippen molar-refractivity contribution in [2.24, 2.45) is 7.05 Å². The van der Waals surface area contributed by atoms with E-state index in [1.807, 2.05) is 46.8 Å². The molecule has 0 saturated carbocycles. The Morgan fingerprint density at radius 3 is 2.39 bits per heavy atom. The third kappa shape index (κ3) is 5.26. The minimum absolute atomic E-state index is 0.151. The number of carbonyl (C=O) groups is 1. The Hall–Kier alpha value is -2.84. The summed E-state index contributed by atoms with van der Waals surface area (Å²) in [6, 6.07) is 18.2. The lowest BCUT2D eigenvalue weighted by atomic mass is 10.2. The van der Waals surface area contributed by atoms with Crippen LogP contribution in [0.25, 0.3) is 11.4 Å². The van der Waals surface area contributed by atoms with Crippen molar-refractivity contribution in [2.45, 2.75) is 11.7 Å². The van der Waals surface area contributed by atoms with Crippen LogP contribution in [0, 0.1) is 0 Å². The van der Waals surface area contributed by atoms with E-state index in [1.165, 1.54) is 17.3 Å². The fourth-order valence-electron chi connectivity index (χ4n) is 3.65. The highest BCUT2D eigenvalue weighted by atomic mass is 32.2. The summed E-state index contributed by atoms with van der Waals surface area (Å²) in [5, 5.41) is 9.32. The highest BCUT2D eigenvalue weighted by molar-refractivity contribution is 7.99. The maximum atomic E-state index is 12.7. The molecule has 1 amide bonds. The summed E-state index contributed by atoms with van der Waals surface area (Å²) in [7, 11) is 3.57. The number of amides is 1. The van der Waals surface area contributed by atoms with Gasteiger partial charge in [0.25, 0.3) is 0 Å². The van der Waals surface area contributed by atoms with E-state index in [1.54, 1.807) is 7.11 Å². The second-order valence-corrected chi connectivity index (χ2v) is 8.47. The highest BCUT2D eigenvalue weighted by Gasteiger charge is 2.22. The molecule has 1 saturated heterocycles. The quantitative estimate of drug-likeness (QED) is 0.530. The molecule has 2 aromatic carbocycles. The Morgan fingerprint density at radius 2 is 1.71 bits per heavy atom. The molecule has 7 nitrogen and oxygen atoms in total. The molecule has 0 spiro atoms. The van der Waals surface area contributed by atoms with Crippen molar-refractivity contribution in [3.63, 3.8) is 0 Å². The number of aromatic nitrogens is 3. The van der Waals surface area contributed by atoms with Crippen LogP contribution in [0.3, 0.4) is 0 Å². The number of hydrogen-bond donors (Lipinski definition) is 0. The molecule has 1 aliphatic heterocycles. The second-order valence-electron chi connectivity index (χ2n) is 7.52. The molecule has 31 heavy (non-hydrogen) atoms. The first kappa shape index (κ1) is 21.4. The molecule has 4 rings (SSSR count). The maximum Gasteiger partial charge on any atom is 0.233 e. The van der Waals surface area contributed by atoms with Crippen LogP contribution in [0.5, 0.6) is 5.75 Å². The van der Waals surface area contributed by atoms with Crippen molar-refractivity contribution in [3.8, 4) is 17.1 Å². The molecular weight excluding hydrogens is 410 g/mol. The lowest BCUT2D eigenvalue weighted by molar-refractivity contribution is -0.130. The average molecular weight is 438 g/mol. The molecule has 1 aromatic heterocycles. The van der Waals surface area contributed by atoms with Crippen LogP contribution < -0.4 is 4.74 Å². The van der Waals surface area contributed by atoms with Gasteiger partial charge >= 0.3 is 0 Å². The maximum absolute atomic E-state index is 12.7. The van der Waals surface area contributed by atoms with Crippen molar-refractivity contribution in [1.29, 1.82) is 0 Å². The Balaban J connectivity index is 1.28. The first-order valence-electron chi connectivity index (χ1n) is 10.3. The van der Waals surface area contributed by atoms with Crippen LogP contribution in [-0.2, 0) is 18.4 Å². The molecule has 162 valence electrons. The average Bonchev–Trinajstić information content (AvgIpc) is 3.19. The van der Waals surface area contributed by atoms with Crippen molar-refractivity contribution in [3.05, 3.63) is 60.2 Å². The number of thioether (sulfide) groups is 1. The van der Waals surface area contributed by atoms with Crippen LogP contribution in [0.2, 0.25) is 0 Å². The lowest BCUT2D eigenvalue weighted by Crippen LogP contribution is -2.48. The van der Waals surface area contributed by atoms with Gasteiger partial charge < -0.3 is 14.2 Å². The van der Waals surface area contributed by atoms with Crippen molar-refractivity contribution < 1.29 is 9.53 Å². The molecule has 0 N–H and O–H groups in total. The van der Waals surface area contributed by atoms with Gasteiger partial charge in [0, 0.05) is 45.3 Å². The first-order chi connectivity index (χ1) is 15.1. The predicted molar refractivity (Wildman–Crippen MR) is 122 cm³/mol. The van der Waals surface area contributed by atoms with Crippen LogP contribution in [-0.4, -0.2) is 69.5 Å². The van der Waals surface area contributed by atoms with E-state index < -0.39 is 0 Å². The normalized spacial score (nSPS) is 14.6. The van der Waals surface area contributed by atoms with E-state index in [2.05, 4.69) is 39.4 Å². The smallest absolute Gasteiger partial charge is 0.233 e. The summed E-state index contributed by atoms with van der Waals surface area (Å²) < 4.78 is 7.14. The predicted octanol–water partition coefficient (Wildman–Crippen LogP) is 2.93. The molecule has 0 radical (unpaired) electrons. The first-order valence-corrected chi connectivity index (χ1v) is 11.3. The van der Waals surface area contributed by atoms with Crippen LogP contribution in [0.4, 0.5) is 0 Å². The molecule has 0 unspecified atom stereocenters. The van der Waals surface area contributed by atoms with Gasteiger partial charge in [-0.1, -0.05) is 42.1 Å². The van der Waals surface area contributed by atoms with Gasteiger partial charge in [0.1, 0.15) is 5.75 Å². The minimum atomic E-state index is 0.151. The molecule has 0 bridgehead atoms. The Morgan fingerprint density at radius 1 is 1.00 bits per heavy atom. The van der Waals surface area contributed by atoms with Crippen LogP contribution in [0.15, 0.2) is 59.8 Å². The second kappa shape index (κ2) is 9.98. The number of rotatable bonds is 7. The van der Waals surface area contributed by atoms with E-state index in [9.17, 15) is 4.79 Å². The fourth-order valence-corrected chi connectivity index (χ4v) is 4.46. The molecule has 1 fully saturated rings. The Bertz CT molecular complexity index is 999. The van der Waals surface area contributed by atoms with Crippen molar-refractivity contribution >= 4 is 17.7 Å². The largest absolute Gasteiger partial charge is 0.497 e. The topological polar surface area (TPSA) is 63.5 Å². The van der Waals surface area contributed by atoms with Gasteiger partial charge in [-0.3, -0.25) is 9.69 Å². The molecule has 1 aliphatic rings. The zero-order valence-corrected chi connectivity index (χ0v) is 18.7.